The molecule has 5 nitrogen and oxygen atoms in total. The summed E-state index contributed by atoms with van der Waals surface area (Å²) in [6, 6.07) is 3.20. The van der Waals surface area contributed by atoms with Gasteiger partial charge >= 0.3 is 12.1 Å². The van der Waals surface area contributed by atoms with Crippen LogP contribution in [0.3, 0.4) is 0 Å². The molecule has 0 unspecified atom stereocenters. The molecule has 0 radical (unpaired) electrons. The lowest BCUT2D eigenvalue weighted by Gasteiger charge is -2.09. The fourth-order valence-electron chi connectivity index (χ4n) is 1.15. The third-order valence-corrected chi connectivity index (χ3v) is 3.50. The molecule has 0 atom stereocenters. The molecule has 0 fully saturated rings. The average Bonchev–Trinajstić information content (AvgIpc) is 2.35. The molecule has 0 aliphatic rings. The highest BCUT2D eigenvalue weighted by molar-refractivity contribution is 7.89. The highest BCUT2D eigenvalue weighted by atomic mass is 32.2. The molecular weight excluding hydrogens is 287 g/mol. The number of methoxy groups -OCH3 is 1. The monoisotopic (exact) mass is 297 g/mol. The van der Waals surface area contributed by atoms with Gasteiger partial charge in [0.1, 0.15) is 6.54 Å². The van der Waals surface area contributed by atoms with Gasteiger partial charge in [-0.2, -0.15) is 17.9 Å². The molecule has 0 aliphatic carbocycles. The van der Waals surface area contributed by atoms with E-state index >= 15 is 0 Å². The first-order valence-electron chi connectivity index (χ1n) is 4.90. The summed E-state index contributed by atoms with van der Waals surface area (Å²) in [6.45, 7) is -0.658. The van der Waals surface area contributed by atoms with Gasteiger partial charge in [0.05, 0.1) is 17.6 Å². The number of benzene rings is 1. The van der Waals surface area contributed by atoms with Gasteiger partial charge < -0.3 is 4.74 Å². The Hall–Kier alpha value is -1.61. The number of nitrogens with one attached hydrogen (secondary N) is 1. The highest BCUT2D eigenvalue weighted by Gasteiger charge is 2.31. The third kappa shape index (κ3) is 4.21. The Morgan fingerprint density at radius 3 is 2.53 bits per heavy atom. The predicted octanol–water partition coefficient (Wildman–Crippen LogP) is 1.16. The Labute approximate surface area is 107 Å². The lowest BCUT2D eigenvalue weighted by molar-refractivity contribution is -0.139. The Kier molecular flexibility index (Phi) is 4.53. The first kappa shape index (κ1) is 15.4. The maximum absolute atomic E-state index is 12.4. The van der Waals surface area contributed by atoms with E-state index in [4.69, 9.17) is 0 Å². The Morgan fingerprint density at radius 2 is 2.00 bits per heavy atom. The molecule has 0 amide bonds. The number of hydrogen-bond donors (Lipinski definition) is 1. The lowest BCUT2D eigenvalue weighted by atomic mass is 10.2. The standard InChI is InChI=1S/C10H10F3NO4S/c1-18-9(15)6-14-19(16,17)8-4-2-3-7(5-8)10(11,12)13/h2-5,14H,6H2,1H3. The fourth-order valence-corrected chi connectivity index (χ4v) is 2.16. The van der Waals surface area contributed by atoms with Crippen LogP contribution in [0.25, 0.3) is 0 Å². The Bertz CT molecular complexity index is 568. The SMILES string of the molecule is COC(=O)CNS(=O)(=O)c1cccc(C(F)(F)F)c1. The molecule has 0 saturated heterocycles. The number of ether oxygens (including phenoxy) is 1. The molecule has 0 saturated carbocycles. The number of sulfonamides is 1. The molecule has 9 heteroatoms. The third-order valence-electron chi connectivity index (χ3n) is 2.11. The van der Waals surface area contributed by atoms with Gasteiger partial charge in [-0.15, -0.1) is 0 Å². The van der Waals surface area contributed by atoms with E-state index in [1.807, 2.05) is 4.72 Å². The summed E-state index contributed by atoms with van der Waals surface area (Å²) in [4.78, 5) is 10.2. The first-order valence-corrected chi connectivity index (χ1v) is 6.39. The Balaban J connectivity index is 2.99. The number of carbonyl (C=O) groups is 1. The van der Waals surface area contributed by atoms with Crippen LogP contribution in [0.2, 0.25) is 0 Å². The van der Waals surface area contributed by atoms with Crippen molar-refractivity contribution >= 4 is 16.0 Å². The molecule has 1 rings (SSSR count). The number of esters is 1. The van der Waals surface area contributed by atoms with Crippen molar-refractivity contribution < 1.29 is 31.1 Å². The van der Waals surface area contributed by atoms with Crippen LogP contribution in [0, 0.1) is 0 Å². The molecule has 0 spiro atoms. The van der Waals surface area contributed by atoms with Crippen LogP contribution in [0.5, 0.6) is 0 Å². The molecule has 0 bridgehead atoms. The molecule has 1 aromatic rings. The van der Waals surface area contributed by atoms with Gasteiger partial charge in [-0.05, 0) is 18.2 Å². The number of alkyl halides is 3. The average molecular weight is 297 g/mol. The molecule has 1 aromatic carbocycles. The second-order valence-electron chi connectivity index (χ2n) is 3.43. The van der Waals surface area contributed by atoms with E-state index in [-0.39, 0.29) is 0 Å². The van der Waals surface area contributed by atoms with Gasteiger partial charge in [0, 0.05) is 0 Å². The molecule has 0 heterocycles. The van der Waals surface area contributed by atoms with Crippen LogP contribution in [0.1, 0.15) is 5.56 Å². The van der Waals surface area contributed by atoms with Crippen LogP contribution < -0.4 is 4.72 Å². The van der Waals surface area contributed by atoms with Crippen molar-refractivity contribution in [3.8, 4) is 0 Å². The second kappa shape index (κ2) is 5.57. The maximum atomic E-state index is 12.4. The van der Waals surface area contributed by atoms with Crippen LogP contribution >= 0.6 is 0 Å². The van der Waals surface area contributed by atoms with E-state index in [0.717, 1.165) is 25.3 Å². The number of rotatable bonds is 4. The molecule has 1 N–H and O–H groups in total. The largest absolute Gasteiger partial charge is 0.468 e. The smallest absolute Gasteiger partial charge is 0.416 e. The van der Waals surface area contributed by atoms with Gasteiger partial charge in [0.25, 0.3) is 0 Å². The molecule has 0 aromatic heterocycles. The molecule has 19 heavy (non-hydrogen) atoms. The predicted molar refractivity (Wildman–Crippen MR) is 58.6 cm³/mol. The Morgan fingerprint density at radius 1 is 1.37 bits per heavy atom. The molecule has 0 aliphatic heterocycles. The van der Waals surface area contributed by atoms with Gasteiger partial charge in [0.15, 0.2) is 0 Å². The minimum Gasteiger partial charge on any atom is -0.468 e. The van der Waals surface area contributed by atoms with E-state index < -0.39 is 39.2 Å². The summed E-state index contributed by atoms with van der Waals surface area (Å²) < 4.78 is 66.6. The normalized spacial score (nSPS) is 12.2. The van der Waals surface area contributed by atoms with Crippen LogP contribution in [0.15, 0.2) is 29.2 Å². The summed E-state index contributed by atoms with van der Waals surface area (Å²) in [5.74, 6) is -0.851. The van der Waals surface area contributed by atoms with Gasteiger partial charge in [-0.25, -0.2) is 8.42 Å². The zero-order valence-corrected chi connectivity index (χ0v) is 10.5. The van der Waals surface area contributed by atoms with Crippen molar-refractivity contribution in [2.45, 2.75) is 11.1 Å². The minimum absolute atomic E-state index is 0.486. The summed E-state index contributed by atoms with van der Waals surface area (Å²) in [5, 5.41) is 0. The molecular formula is C10H10F3NO4S. The molecule has 106 valence electrons. The number of halogens is 3. The zero-order chi connectivity index (χ0) is 14.7. The second-order valence-corrected chi connectivity index (χ2v) is 5.19. The van der Waals surface area contributed by atoms with Crippen molar-refractivity contribution in [3.63, 3.8) is 0 Å². The lowest BCUT2D eigenvalue weighted by Crippen LogP contribution is -2.30. The van der Waals surface area contributed by atoms with Crippen LogP contribution in [-0.2, 0) is 25.7 Å². The topological polar surface area (TPSA) is 72.5 Å². The fraction of sp³-hybridized carbons (Fsp3) is 0.300. The van der Waals surface area contributed by atoms with Crippen molar-refractivity contribution in [3.05, 3.63) is 29.8 Å². The summed E-state index contributed by atoms with van der Waals surface area (Å²) in [7, 11) is -3.14. The summed E-state index contributed by atoms with van der Waals surface area (Å²) in [5.41, 5.74) is -1.09. The summed E-state index contributed by atoms with van der Waals surface area (Å²) in [6.07, 6.45) is -4.64. The van der Waals surface area contributed by atoms with Crippen molar-refractivity contribution in [1.82, 2.24) is 4.72 Å². The van der Waals surface area contributed by atoms with Crippen molar-refractivity contribution in [2.75, 3.05) is 13.7 Å². The first-order chi connectivity index (χ1) is 8.66. The van der Waals surface area contributed by atoms with Gasteiger partial charge in [-0.3, -0.25) is 4.79 Å². The summed E-state index contributed by atoms with van der Waals surface area (Å²) >= 11 is 0. The maximum Gasteiger partial charge on any atom is 0.416 e. The van der Waals surface area contributed by atoms with E-state index in [1.54, 1.807) is 0 Å². The van der Waals surface area contributed by atoms with E-state index in [9.17, 15) is 26.4 Å². The quantitative estimate of drug-likeness (QED) is 0.846. The zero-order valence-electron chi connectivity index (χ0n) is 9.69. The number of carbonyl (C=O) groups excluding carboxylic acids is 1. The van der Waals surface area contributed by atoms with E-state index in [2.05, 4.69) is 4.74 Å². The minimum atomic E-state index is -4.64. The highest BCUT2D eigenvalue weighted by Crippen LogP contribution is 2.30. The van der Waals surface area contributed by atoms with E-state index in [0.29, 0.717) is 6.07 Å². The van der Waals surface area contributed by atoms with Crippen LogP contribution in [0.4, 0.5) is 13.2 Å². The van der Waals surface area contributed by atoms with Crippen molar-refractivity contribution in [1.29, 1.82) is 0 Å². The van der Waals surface area contributed by atoms with Gasteiger partial charge in [-0.1, -0.05) is 6.07 Å². The van der Waals surface area contributed by atoms with E-state index in [1.165, 1.54) is 0 Å². The van der Waals surface area contributed by atoms with Crippen LogP contribution in [-0.4, -0.2) is 28.0 Å². The van der Waals surface area contributed by atoms with Crippen molar-refractivity contribution in [2.24, 2.45) is 0 Å². The van der Waals surface area contributed by atoms with Gasteiger partial charge in [0.2, 0.25) is 10.0 Å². The number of hydrogen-bond acceptors (Lipinski definition) is 4.